The first-order chi connectivity index (χ1) is 12.5. The third-order valence-electron chi connectivity index (χ3n) is 4.19. The maximum Gasteiger partial charge on any atom is 0.433 e. The first-order valence-corrected chi connectivity index (χ1v) is 8.77. The van der Waals surface area contributed by atoms with Crippen LogP contribution in [0.2, 0.25) is 5.02 Å². The number of hydrogen-bond donors (Lipinski definition) is 3. The molecule has 0 saturated carbocycles. The van der Waals surface area contributed by atoms with E-state index in [4.69, 9.17) is 11.6 Å². The molecule has 9 heteroatoms. The third kappa shape index (κ3) is 5.23. The number of aliphatic hydroxyl groups excluding tert-OH is 1. The number of hydrogen-bond acceptors (Lipinski definition) is 5. The molecule has 0 fully saturated rings. The highest BCUT2D eigenvalue weighted by Gasteiger charge is 2.34. The topological polar surface area (TPSA) is 70.1 Å². The largest absolute Gasteiger partial charge is 0.433 e. The van der Waals surface area contributed by atoms with Crippen LogP contribution in [0.5, 0.6) is 0 Å². The summed E-state index contributed by atoms with van der Waals surface area (Å²) < 4.78 is 39.8. The Balaban J connectivity index is 2.47. The van der Waals surface area contributed by atoms with Gasteiger partial charge in [0.05, 0.1) is 12.6 Å². The average molecular weight is 403 g/mol. The molecule has 0 amide bonds. The second-order valence-corrected chi connectivity index (χ2v) is 7.03. The number of nitrogens with one attached hydrogen (secondary N) is 2. The molecular weight excluding hydrogens is 381 g/mol. The lowest BCUT2D eigenvalue weighted by molar-refractivity contribution is -0.141. The van der Waals surface area contributed by atoms with Gasteiger partial charge in [0.25, 0.3) is 0 Å². The van der Waals surface area contributed by atoms with E-state index in [9.17, 15) is 18.3 Å². The maximum atomic E-state index is 13.3. The number of alkyl halides is 3. The molecule has 0 aliphatic heterocycles. The highest BCUT2D eigenvalue weighted by molar-refractivity contribution is 6.31. The molecule has 2 rings (SSSR count). The summed E-state index contributed by atoms with van der Waals surface area (Å²) in [6.07, 6.45) is -4.64. The van der Waals surface area contributed by atoms with Crippen molar-refractivity contribution in [2.75, 3.05) is 17.2 Å². The number of nitrogens with zero attached hydrogens (tertiary/aromatic N) is 2. The molecule has 1 aromatic carbocycles. The molecule has 0 saturated heterocycles. The number of anilines is 3. The van der Waals surface area contributed by atoms with Crippen LogP contribution in [-0.4, -0.2) is 27.7 Å². The standard InChI is InChI=1S/C18H22ClF3N4O/c1-9(2)13(8-27)23-17-24-14(18(20,21)22)7-15(26-17)25-16-10(3)5-6-12(19)11(16)4/h5-7,9,13,27H,8H2,1-4H3,(H2,23,24,25,26)/t13-/m1/s1. The van der Waals surface area contributed by atoms with Crippen LogP contribution in [0.25, 0.3) is 0 Å². The summed E-state index contributed by atoms with van der Waals surface area (Å²) in [5.74, 6) is -0.256. The predicted molar refractivity (Wildman–Crippen MR) is 101 cm³/mol. The van der Waals surface area contributed by atoms with E-state index in [1.54, 1.807) is 19.1 Å². The lowest BCUT2D eigenvalue weighted by atomic mass is 10.1. The van der Waals surface area contributed by atoms with Gasteiger partial charge in [0.1, 0.15) is 5.82 Å². The zero-order valence-electron chi connectivity index (χ0n) is 15.4. The molecule has 5 nitrogen and oxygen atoms in total. The minimum Gasteiger partial charge on any atom is -0.394 e. The minimum atomic E-state index is -4.64. The van der Waals surface area contributed by atoms with Crippen molar-refractivity contribution in [3.8, 4) is 0 Å². The van der Waals surface area contributed by atoms with Crippen LogP contribution < -0.4 is 10.6 Å². The molecule has 1 aromatic heterocycles. The Morgan fingerprint density at radius 1 is 1.19 bits per heavy atom. The quantitative estimate of drug-likeness (QED) is 0.638. The van der Waals surface area contributed by atoms with Crippen LogP contribution in [0.1, 0.15) is 30.7 Å². The zero-order chi connectivity index (χ0) is 20.4. The van der Waals surface area contributed by atoms with Crippen molar-refractivity contribution in [2.24, 2.45) is 5.92 Å². The van der Waals surface area contributed by atoms with Gasteiger partial charge in [0.15, 0.2) is 5.69 Å². The molecule has 0 unspecified atom stereocenters. The van der Waals surface area contributed by atoms with Gasteiger partial charge in [-0.25, -0.2) is 4.98 Å². The lowest BCUT2D eigenvalue weighted by Gasteiger charge is -2.21. The molecule has 0 aliphatic rings. The van der Waals surface area contributed by atoms with Gasteiger partial charge in [-0.15, -0.1) is 0 Å². The third-order valence-corrected chi connectivity index (χ3v) is 4.60. The lowest BCUT2D eigenvalue weighted by Crippen LogP contribution is -2.30. The van der Waals surface area contributed by atoms with Crippen molar-refractivity contribution in [3.63, 3.8) is 0 Å². The van der Waals surface area contributed by atoms with Gasteiger partial charge in [0.2, 0.25) is 5.95 Å². The summed E-state index contributed by atoms with van der Waals surface area (Å²) in [6, 6.07) is 3.85. The van der Waals surface area contributed by atoms with Crippen LogP contribution in [0.15, 0.2) is 18.2 Å². The Morgan fingerprint density at radius 2 is 1.85 bits per heavy atom. The summed E-state index contributed by atoms with van der Waals surface area (Å²) in [4.78, 5) is 7.69. The Bertz CT molecular complexity index is 812. The predicted octanol–water partition coefficient (Wildman–Crippen LogP) is 4.94. The van der Waals surface area contributed by atoms with E-state index in [-0.39, 0.29) is 24.3 Å². The van der Waals surface area contributed by atoms with Crippen molar-refractivity contribution in [2.45, 2.75) is 39.9 Å². The minimum absolute atomic E-state index is 0.0197. The van der Waals surface area contributed by atoms with Gasteiger partial charge in [-0.05, 0) is 37.0 Å². The van der Waals surface area contributed by atoms with E-state index in [0.29, 0.717) is 16.3 Å². The second-order valence-electron chi connectivity index (χ2n) is 6.63. The maximum absolute atomic E-state index is 13.3. The van der Waals surface area contributed by atoms with Crippen molar-refractivity contribution >= 4 is 29.1 Å². The van der Waals surface area contributed by atoms with E-state index in [2.05, 4.69) is 20.6 Å². The molecule has 0 radical (unpaired) electrons. The summed E-state index contributed by atoms with van der Waals surface area (Å²) >= 11 is 6.12. The number of benzene rings is 1. The van der Waals surface area contributed by atoms with Crippen LogP contribution in [0.4, 0.5) is 30.6 Å². The Hall–Kier alpha value is -2.06. The SMILES string of the molecule is Cc1ccc(Cl)c(C)c1Nc1cc(C(F)(F)F)nc(N[C@H](CO)C(C)C)n1. The van der Waals surface area contributed by atoms with E-state index in [1.165, 1.54) is 0 Å². The van der Waals surface area contributed by atoms with Crippen molar-refractivity contribution in [1.29, 1.82) is 0 Å². The van der Waals surface area contributed by atoms with Gasteiger partial charge in [0, 0.05) is 16.8 Å². The van der Waals surface area contributed by atoms with Crippen molar-refractivity contribution in [3.05, 3.63) is 40.0 Å². The number of aryl methyl sites for hydroxylation is 1. The van der Waals surface area contributed by atoms with Crippen LogP contribution in [0.3, 0.4) is 0 Å². The summed E-state index contributed by atoms with van der Waals surface area (Å²) in [5.41, 5.74) is 1.02. The summed E-state index contributed by atoms with van der Waals surface area (Å²) in [5, 5.41) is 15.6. The first kappa shape index (κ1) is 21.2. The van der Waals surface area contributed by atoms with Gasteiger partial charge in [-0.1, -0.05) is 31.5 Å². The van der Waals surface area contributed by atoms with Crippen LogP contribution >= 0.6 is 11.6 Å². The van der Waals surface area contributed by atoms with Gasteiger partial charge in [-0.2, -0.15) is 18.2 Å². The highest BCUT2D eigenvalue weighted by atomic mass is 35.5. The molecule has 148 valence electrons. The van der Waals surface area contributed by atoms with Crippen LogP contribution in [0, 0.1) is 19.8 Å². The van der Waals surface area contributed by atoms with E-state index < -0.39 is 17.9 Å². The fourth-order valence-corrected chi connectivity index (χ4v) is 2.61. The van der Waals surface area contributed by atoms with E-state index in [1.807, 2.05) is 20.8 Å². The zero-order valence-corrected chi connectivity index (χ0v) is 16.2. The monoisotopic (exact) mass is 402 g/mol. The molecule has 3 N–H and O–H groups in total. The first-order valence-electron chi connectivity index (χ1n) is 8.39. The fourth-order valence-electron chi connectivity index (χ4n) is 2.45. The van der Waals surface area contributed by atoms with Gasteiger partial charge < -0.3 is 15.7 Å². The molecule has 0 spiro atoms. The van der Waals surface area contributed by atoms with E-state index in [0.717, 1.165) is 11.6 Å². The van der Waals surface area contributed by atoms with Gasteiger partial charge in [-0.3, -0.25) is 0 Å². The smallest absolute Gasteiger partial charge is 0.394 e. The molecule has 1 atom stereocenters. The molecule has 1 heterocycles. The second kappa shape index (κ2) is 8.31. The Morgan fingerprint density at radius 3 is 2.41 bits per heavy atom. The van der Waals surface area contributed by atoms with E-state index >= 15 is 0 Å². The molecule has 2 aromatic rings. The fraction of sp³-hybridized carbons (Fsp3) is 0.444. The van der Waals surface area contributed by atoms with Crippen molar-refractivity contribution in [1.82, 2.24) is 9.97 Å². The Kier molecular flexibility index (Phi) is 6.54. The number of halogens is 4. The number of aliphatic hydroxyl groups is 1. The molecule has 0 aliphatic carbocycles. The summed E-state index contributed by atoms with van der Waals surface area (Å²) in [7, 11) is 0. The molecule has 0 bridgehead atoms. The van der Waals surface area contributed by atoms with Crippen LogP contribution in [-0.2, 0) is 6.18 Å². The summed E-state index contributed by atoms with van der Waals surface area (Å²) in [6.45, 7) is 6.99. The number of aromatic nitrogens is 2. The van der Waals surface area contributed by atoms with Crippen molar-refractivity contribution < 1.29 is 18.3 Å². The highest BCUT2D eigenvalue weighted by Crippen LogP contribution is 2.33. The normalized spacial score (nSPS) is 13.0. The molecule has 27 heavy (non-hydrogen) atoms. The van der Waals surface area contributed by atoms with Gasteiger partial charge >= 0.3 is 6.18 Å². The average Bonchev–Trinajstić information content (AvgIpc) is 2.58. The Labute approximate surface area is 161 Å². The number of rotatable bonds is 6. The molecular formula is C18H22ClF3N4O.